The Labute approximate surface area is 128 Å². The summed E-state index contributed by atoms with van der Waals surface area (Å²) in [6.07, 6.45) is 2.78. The monoisotopic (exact) mass is 285 g/mol. The second-order valence-electron chi connectivity index (χ2n) is 6.90. The normalized spacial score (nSPS) is 11.9. The van der Waals surface area contributed by atoms with Crippen LogP contribution in [0.4, 0.5) is 0 Å². The molecule has 21 heavy (non-hydrogen) atoms. The molecular weight excluding hydrogens is 258 g/mol. The molecule has 0 unspecified atom stereocenters. The van der Waals surface area contributed by atoms with E-state index in [4.69, 9.17) is 0 Å². The largest absolute Gasteiger partial charge is 0.345 e. The van der Waals surface area contributed by atoms with Crippen LogP contribution in [0.15, 0.2) is 18.3 Å². The lowest BCUT2D eigenvalue weighted by atomic mass is 9.83. The van der Waals surface area contributed by atoms with E-state index < -0.39 is 0 Å². The van der Waals surface area contributed by atoms with Crippen LogP contribution in [0.5, 0.6) is 0 Å². The fourth-order valence-electron chi connectivity index (χ4n) is 2.65. The molecule has 2 N–H and O–H groups in total. The summed E-state index contributed by atoms with van der Waals surface area (Å²) in [7, 11) is 1.94. The number of rotatable bonds is 4. The first-order chi connectivity index (χ1) is 9.81. The van der Waals surface area contributed by atoms with E-state index >= 15 is 0 Å². The minimum absolute atomic E-state index is 0.193. The third kappa shape index (κ3) is 3.73. The van der Waals surface area contributed by atoms with Crippen LogP contribution < -0.4 is 5.32 Å². The Morgan fingerprint density at radius 3 is 2.29 bits per heavy atom. The molecule has 3 nitrogen and oxygen atoms in total. The topological polar surface area (TPSA) is 40.7 Å². The summed E-state index contributed by atoms with van der Waals surface area (Å²) in [6.45, 7) is 12.0. The number of hydrogen-bond acceptors (Lipinski definition) is 2. The van der Waals surface area contributed by atoms with E-state index in [0.717, 1.165) is 24.5 Å². The van der Waals surface area contributed by atoms with Crippen molar-refractivity contribution in [1.29, 1.82) is 0 Å². The molecule has 3 heteroatoms. The number of benzene rings is 1. The highest BCUT2D eigenvalue weighted by molar-refractivity contribution is 5.41. The van der Waals surface area contributed by atoms with Crippen LogP contribution in [0.3, 0.4) is 0 Å². The maximum Gasteiger partial charge on any atom is 0.110 e. The van der Waals surface area contributed by atoms with Crippen molar-refractivity contribution >= 4 is 0 Å². The summed E-state index contributed by atoms with van der Waals surface area (Å²) in [6, 6.07) is 4.64. The van der Waals surface area contributed by atoms with Gasteiger partial charge in [0.2, 0.25) is 0 Å². The molecule has 2 aromatic rings. The lowest BCUT2D eigenvalue weighted by molar-refractivity contribution is 0.588. The summed E-state index contributed by atoms with van der Waals surface area (Å²) in [4.78, 5) is 7.88. The molecule has 1 aromatic heterocycles. The van der Waals surface area contributed by atoms with Crippen molar-refractivity contribution in [3.05, 3.63) is 52.1 Å². The van der Waals surface area contributed by atoms with Gasteiger partial charge < -0.3 is 10.3 Å². The fourth-order valence-corrected chi connectivity index (χ4v) is 2.65. The maximum atomic E-state index is 4.49. The lowest BCUT2D eigenvalue weighted by Gasteiger charge is -2.22. The molecule has 1 aromatic carbocycles. The van der Waals surface area contributed by atoms with Gasteiger partial charge in [0.25, 0.3) is 0 Å². The fraction of sp³-hybridized carbons (Fsp3) is 0.500. The highest BCUT2D eigenvalue weighted by Gasteiger charge is 2.16. The van der Waals surface area contributed by atoms with Gasteiger partial charge >= 0.3 is 0 Å². The second kappa shape index (κ2) is 6.02. The van der Waals surface area contributed by atoms with Crippen LogP contribution >= 0.6 is 0 Å². The van der Waals surface area contributed by atoms with Crippen LogP contribution in [0.2, 0.25) is 0 Å². The van der Waals surface area contributed by atoms with E-state index in [1.165, 1.54) is 22.3 Å². The van der Waals surface area contributed by atoms with Crippen molar-refractivity contribution in [2.75, 3.05) is 7.05 Å². The molecule has 0 saturated carbocycles. The Hall–Kier alpha value is -1.61. The first kappa shape index (κ1) is 15.8. The van der Waals surface area contributed by atoms with Gasteiger partial charge in [-0.1, -0.05) is 32.9 Å². The molecule has 0 amide bonds. The average Bonchev–Trinajstić information content (AvgIpc) is 2.80. The van der Waals surface area contributed by atoms with Crippen molar-refractivity contribution in [1.82, 2.24) is 15.3 Å². The number of aryl methyl sites for hydroxylation is 2. The zero-order chi connectivity index (χ0) is 15.6. The molecular formula is C18H27N3. The smallest absolute Gasteiger partial charge is 0.110 e. The summed E-state index contributed by atoms with van der Waals surface area (Å²) >= 11 is 0. The molecule has 1 heterocycles. The standard InChI is InChI=1S/C18H27N3/c1-12-7-14(18(3,4)5)8-13(2)16(12)9-17-20-11-15(21-17)10-19-6/h7-8,11,19H,9-10H2,1-6H3,(H,20,21). The van der Waals surface area contributed by atoms with Crippen LogP contribution in [-0.2, 0) is 18.4 Å². The predicted octanol–water partition coefficient (Wildman–Crippen LogP) is 3.63. The van der Waals surface area contributed by atoms with E-state index in [2.05, 4.69) is 62.0 Å². The first-order valence-corrected chi connectivity index (χ1v) is 7.59. The van der Waals surface area contributed by atoms with Crippen LogP contribution in [0.1, 0.15) is 54.5 Å². The summed E-state index contributed by atoms with van der Waals surface area (Å²) in [5, 5.41) is 3.14. The zero-order valence-electron chi connectivity index (χ0n) is 14.1. The van der Waals surface area contributed by atoms with E-state index in [-0.39, 0.29) is 5.41 Å². The predicted molar refractivity (Wildman–Crippen MR) is 88.8 cm³/mol. The van der Waals surface area contributed by atoms with Crippen molar-refractivity contribution in [3.8, 4) is 0 Å². The number of aromatic amines is 1. The summed E-state index contributed by atoms with van der Waals surface area (Å²) in [5.41, 5.74) is 6.82. The number of hydrogen-bond donors (Lipinski definition) is 2. The third-order valence-electron chi connectivity index (χ3n) is 3.95. The second-order valence-corrected chi connectivity index (χ2v) is 6.90. The quantitative estimate of drug-likeness (QED) is 0.900. The van der Waals surface area contributed by atoms with Gasteiger partial charge in [-0.25, -0.2) is 4.98 Å². The highest BCUT2D eigenvalue weighted by atomic mass is 14.9. The first-order valence-electron chi connectivity index (χ1n) is 7.59. The van der Waals surface area contributed by atoms with Gasteiger partial charge in [-0.2, -0.15) is 0 Å². The minimum Gasteiger partial charge on any atom is -0.345 e. The van der Waals surface area contributed by atoms with Gasteiger partial charge in [-0.15, -0.1) is 0 Å². The minimum atomic E-state index is 0.193. The van der Waals surface area contributed by atoms with Crippen molar-refractivity contribution < 1.29 is 0 Å². The molecule has 0 radical (unpaired) electrons. The molecule has 0 fully saturated rings. The zero-order valence-corrected chi connectivity index (χ0v) is 14.1. The van der Waals surface area contributed by atoms with Gasteiger partial charge in [0, 0.05) is 24.9 Å². The molecule has 114 valence electrons. The molecule has 0 aliphatic heterocycles. The molecule has 0 aliphatic carbocycles. The number of aromatic nitrogens is 2. The number of nitrogens with one attached hydrogen (secondary N) is 2. The highest BCUT2D eigenvalue weighted by Crippen LogP contribution is 2.27. The molecule has 0 bridgehead atoms. The van der Waals surface area contributed by atoms with E-state index in [1.54, 1.807) is 0 Å². The number of imidazole rings is 1. The Morgan fingerprint density at radius 1 is 1.14 bits per heavy atom. The molecule has 0 saturated heterocycles. The Morgan fingerprint density at radius 2 is 1.76 bits per heavy atom. The van der Waals surface area contributed by atoms with E-state index in [1.807, 2.05) is 13.2 Å². The van der Waals surface area contributed by atoms with Crippen LogP contribution in [0.25, 0.3) is 0 Å². The molecule has 0 spiro atoms. The molecule has 0 atom stereocenters. The van der Waals surface area contributed by atoms with Gasteiger partial charge in [-0.3, -0.25) is 0 Å². The SMILES string of the molecule is CNCc1cnc(Cc2c(C)cc(C(C)(C)C)cc2C)[nH]1. The maximum absolute atomic E-state index is 4.49. The number of H-pyrrole nitrogens is 1. The van der Waals surface area contributed by atoms with Gasteiger partial charge in [0.05, 0.1) is 0 Å². The van der Waals surface area contributed by atoms with Crippen LogP contribution in [-0.4, -0.2) is 17.0 Å². The van der Waals surface area contributed by atoms with Crippen molar-refractivity contribution in [2.24, 2.45) is 0 Å². The van der Waals surface area contributed by atoms with Crippen molar-refractivity contribution in [2.45, 2.75) is 53.0 Å². The third-order valence-corrected chi connectivity index (χ3v) is 3.95. The average molecular weight is 285 g/mol. The molecule has 2 rings (SSSR count). The van der Waals surface area contributed by atoms with Crippen LogP contribution in [0, 0.1) is 13.8 Å². The number of nitrogens with zero attached hydrogens (tertiary/aromatic N) is 1. The van der Waals surface area contributed by atoms with Gasteiger partial charge in [0.1, 0.15) is 5.82 Å². The Kier molecular flexibility index (Phi) is 4.52. The molecule has 0 aliphatic rings. The van der Waals surface area contributed by atoms with E-state index in [0.29, 0.717) is 0 Å². The van der Waals surface area contributed by atoms with Gasteiger partial charge in [0.15, 0.2) is 0 Å². The van der Waals surface area contributed by atoms with Gasteiger partial charge in [-0.05, 0) is 48.6 Å². The summed E-state index contributed by atoms with van der Waals surface area (Å²) < 4.78 is 0. The lowest BCUT2D eigenvalue weighted by Crippen LogP contribution is -2.12. The van der Waals surface area contributed by atoms with Crippen molar-refractivity contribution in [3.63, 3.8) is 0 Å². The Bertz CT molecular complexity index is 595. The Balaban J connectivity index is 2.27. The summed E-state index contributed by atoms with van der Waals surface area (Å²) in [5.74, 6) is 1.04. The van der Waals surface area contributed by atoms with E-state index in [9.17, 15) is 0 Å².